The van der Waals surface area contributed by atoms with Gasteiger partial charge in [0.1, 0.15) is 10.2 Å². The zero-order valence-corrected chi connectivity index (χ0v) is 22.1. The van der Waals surface area contributed by atoms with E-state index in [1.54, 1.807) is 12.1 Å². The highest BCUT2D eigenvalue weighted by atomic mass is 35.5. The highest BCUT2D eigenvalue weighted by Gasteiger charge is 2.67. The molecule has 1 fully saturated rings. The molecule has 13 heteroatoms. The van der Waals surface area contributed by atoms with E-state index in [9.17, 15) is 27.6 Å². The second kappa shape index (κ2) is 11.0. The van der Waals surface area contributed by atoms with Crippen LogP contribution in [0, 0.1) is 11.7 Å². The maximum absolute atomic E-state index is 14.4. The van der Waals surface area contributed by atoms with Gasteiger partial charge in [-0.3, -0.25) is 9.59 Å². The predicted molar refractivity (Wildman–Crippen MR) is 132 cm³/mol. The topological polar surface area (TPSA) is 72.5 Å². The molecule has 0 aromatic heterocycles. The maximum Gasteiger partial charge on any atom is 0.376 e. The highest BCUT2D eigenvalue weighted by Crippen LogP contribution is 2.65. The van der Waals surface area contributed by atoms with Crippen LogP contribution in [0.1, 0.15) is 41.6 Å². The first-order valence-electron chi connectivity index (χ1n) is 10.4. The Morgan fingerprint density at radius 1 is 1.06 bits per heavy atom. The summed E-state index contributed by atoms with van der Waals surface area (Å²) in [6.07, 6.45) is -2.01. The van der Waals surface area contributed by atoms with Crippen molar-refractivity contribution in [2.75, 3.05) is 11.9 Å². The van der Waals surface area contributed by atoms with Gasteiger partial charge in [-0.15, -0.1) is 23.2 Å². The van der Waals surface area contributed by atoms with Gasteiger partial charge < -0.3 is 10.1 Å². The number of hydrogen-bond acceptors (Lipinski definition) is 4. The van der Waals surface area contributed by atoms with Crippen molar-refractivity contribution in [2.45, 2.75) is 35.9 Å². The Balaban J connectivity index is 1.76. The Hall–Kier alpha value is -1.71. The monoisotopic (exact) mass is 603 g/mol. The largest absolute Gasteiger partial charge is 0.462 e. The Morgan fingerprint density at radius 2 is 1.67 bits per heavy atom. The van der Waals surface area contributed by atoms with E-state index in [1.807, 2.05) is 0 Å². The van der Waals surface area contributed by atoms with Crippen LogP contribution < -0.4 is 5.32 Å². The van der Waals surface area contributed by atoms with Gasteiger partial charge in [-0.1, -0.05) is 34.8 Å². The lowest BCUT2D eigenvalue weighted by Gasteiger charge is -2.14. The number of halogens is 8. The summed E-state index contributed by atoms with van der Waals surface area (Å²) < 4.78 is 44.9. The molecule has 0 radical (unpaired) electrons. The second-order valence-corrected chi connectivity index (χ2v) is 10.7. The number of rotatable bonds is 9. The third-order valence-electron chi connectivity index (χ3n) is 5.42. The summed E-state index contributed by atoms with van der Waals surface area (Å²) in [5.74, 6) is -10.1. The molecule has 1 N–H and O–H groups in total. The Labute approximate surface area is 229 Å². The minimum Gasteiger partial charge on any atom is -0.462 e. The van der Waals surface area contributed by atoms with E-state index in [4.69, 9.17) is 58.0 Å². The Kier molecular flexibility index (Phi) is 8.78. The number of esters is 1. The standard InChI is InChI=1S/C23H17Cl5F3NO4/c1-2-36-21(35)22(30,31)4-3-16(33)14-8-13(9-15(29)19(14)26)32-20(34)18-17(23(18,27)28)10-5-11(24)7-12(25)6-10/h5-9,17-18H,2-4H2,1H3,(H,32,34). The number of hydrogen-bond donors (Lipinski definition) is 1. The minimum atomic E-state index is -3.92. The van der Waals surface area contributed by atoms with Gasteiger partial charge in [-0.05, 0) is 42.8 Å². The molecule has 0 saturated heterocycles. The van der Waals surface area contributed by atoms with Crippen LogP contribution in [-0.4, -0.2) is 34.5 Å². The lowest BCUT2D eigenvalue weighted by molar-refractivity contribution is -0.172. The molecule has 1 aliphatic rings. The molecule has 1 saturated carbocycles. The molecule has 0 bridgehead atoms. The summed E-state index contributed by atoms with van der Waals surface area (Å²) in [5.41, 5.74) is -0.122. The second-order valence-electron chi connectivity index (χ2n) is 7.99. The number of carbonyl (C=O) groups excluding carboxylic acids is 3. The molecule has 1 aliphatic carbocycles. The van der Waals surface area contributed by atoms with Crippen molar-refractivity contribution in [3.8, 4) is 0 Å². The number of ketones is 1. The predicted octanol–water partition coefficient (Wildman–Crippen LogP) is 7.47. The van der Waals surface area contributed by atoms with Crippen molar-refractivity contribution >= 4 is 81.4 Å². The number of amides is 1. The number of Topliss-reactive ketones (excluding diaryl/α,β-unsaturated/α-hetero) is 1. The first kappa shape index (κ1) is 28.9. The molecule has 36 heavy (non-hydrogen) atoms. The average Bonchev–Trinajstić information content (AvgIpc) is 3.36. The van der Waals surface area contributed by atoms with Gasteiger partial charge in [0.2, 0.25) is 5.91 Å². The molecule has 3 rings (SSSR count). The zero-order valence-electron chi connectivity index (χ0n) is 18.3. The molecule has 2 atom stereocenters. The van der Waals surface area contributed by atoms with Crippen LogP contribution in [0.4, 0.5) is 18.9 Å². The number of ether oxygens (including phenoxy) is 1. The Bertz CT molecular complexity index is 1200. The van der Waals surface area contributed by atoms with Crippen LogP contribution in [0.3, 0.4) is 0 Å². The van der Waals surface area contributed by atoms with E-state index >= 15 is 0 Å². The summed E-state index contributed by atoms with van der Waals surface area (Å²) in [6.45, 7) is 1.09. The van der Waals surface area contributed by atoms with E-state index in [1.165, 1.54) is 13.0 Å². The third kappa shape index (κ3) is 6.22. The molecular formula is C23H17Cl5F3NO4. The number of nitrogens with one attached hydrogen (secondary N) is 1. The first-order valence-corrected chi connectivity index (χ1v) is 12.3. The van der Waals surface area contributed by atoms with Gasteiger partial charge in [-0.2, -0.15) is 8.78 Å². The quantitative estimate of drug-likeness (QED) is 0.183. The molecule has 2 unspecified atom stereocenters. The molecule has 2 aromatic rings. The summed E-state index contributed by atoms with van der Waals surface area (Å²) in [7, 11) is 0. The summed E-state index contributed by atoms with van der Waals surface area (Å²) in [4.78, 5) is 36.7. The highest BCUT2D eigenvalue weighted by molar-refractivity contribution is 6.53. The van der Waals surface area contributed by atoms with Crippen LogP contribution >= 0.6 is 58.0 Å². The van der Waals surface area contributed by atoms with Crippen molar-refractivity contribution in [2.24, 2.45) is 5.92 Å². The van der Waals surface area contributed by atoms with E-state index in [2.05, 4.69) is 10.1 Å². The average molecular weight is 606 g/mol. The van der Waals surface area contributed by atoms with E-state index < -0.39 is 69.0 Å². The number of benzene rings is 2. The lowest BCUT2D eigenvalue weighted by Crippen LogP contribution is -2.31. The SMILES string of the molecule is CCOC(=O)C(F)(F)CCC(=O)c1cc(NC(=O)C2C(c3cc(Cl)cc(Cl)c3)C2(Cl)Cl)cc(F)c1Cl. The van der Waals surface area contributed by atoms with Crippen molar-refractivity contribution in [1.29, 1.82) is 0 Å². The number of anilines is 1. The first-order chi connectivity index (χ1) is 16.7. The fourth-order valence-corrected chi connectivity index (χ4v) is 5.24. The molecule has 0 heterocycles. The van der Waals surface area contributed by atoms with Crippen molar-refractivity contribution in [3.05, 3.63) is 62.3 Å². The summed E-state index contributed by atoms with van der Waals surface area (Å²) in [5, 5.41) is 2.41. The van der Waals surface area contributed by atoms with Crippen LogP contribution in [0.25, 0.3) is 0 Å². The number of carbonyl (C=O) groups is 3. The summed E-state index contributed by atoms with van der Waals surface area (Å²) in [6, 6.07) is 6.48. The van der Waals surface area contributed by atoms with E-state index in [-0.39, 0.29) is 12.3 Å². The third-order valence-corrected chi connectivity index (χ3v) is 7.18. The molecule has 5 nitrogen and oxygen atoms in total. The van der Waals surface area contributed by atoms with Gasteiger partial charge >= 0.3 is 11.9 Å². The normalized spacial score (nSPS) is 18.5. The van der Waals surface area contributed by atoms with Gasteiger partial charge in [0.15, 0.2) is 5.78 Å². The fourth-order valence-electron chi connectivity index (χ4n) is 3.65. The zero-order chi connectivity index (χ0) is 27.0. The van der Waals surface area contributed by atoms with Gasteiger partial charge in [0.05, 0.1) is 17.5 Å². The maximum atomic E-state index is 14.4. The van der Waals surface area contributed by atoms with Crippen LogP contribution in [0.2, 0.25) is 15.1 Å². The van der Waals surface area contributed by atoms with Crippen molar-refractivity contribution in [3.63, 3.8) is 0 Å². The fraction of sp³-hybridized carbons (Fsp3) is 0.348. The van der Waals surface area contributed by atoms with E-state index in [0.29, 0.717) is 15.6 Å². The van der Waals surface area contributed by atoms with Gasteiger partial charge in [0.25, 0.3) is 0 Å². The van der Waals surface area contributed by atoms with Crippen LogP contribution in [0.5, 0.6) is 0 Å². The molecular weight excluding hydrogens is 589 g/mol. The minimum absolute atomic E-state index is 0.179. The molecule has 0 spiro atoms. The van der Waals surface area contributed by atoms with Crippen molar-refractivity contribution in [1.82, 2.24) is 0 Å². The van der Waals surface area contributed by atoms with Gasteiger partial charge in [0, 0.05) is 40.1 Å². The molecule has 2 aromatic carbocycles. The van der Waals surface area contributed by atoms with Crippen molar-refractivity contribution < 1.29 is 32.3 Å². The number of alkyl halides is 4. The van der Waals surface area contributed by atoms with Crippen LogP contribution in [-0.2, 0) is 14.3 Å². The Morgan fingerprint density at radius 3 is 2.25 bits per heavy atom. The van der Waals surface area contributed by atoms with Gasteiger partial charge in [-0.25, -0.2) is 9.18 Å². The summed E-state index contributed by atoms with van der Waals surface area (Å²) >= 11 is 30.5. The smallest absolute Gasteiger partial charge is 0.376 e. The lowest BCUT2D eigenvalue weighted by atomic mass is 10.0. The molecule has 194 valence electrons. The van der Waals surface area contributed by atoms with Crippen LogP contribution in [0.15, 0.2) is 30.3 Å². The molecule has 0 aliphatic heterocycles. The van der Waals surface area contributed by atoms with E-state index in [0.717, 1.165) is 12.1 Å². The molecule has 1 amide bonds.